The first-order valence-electron chi connectivity index (χ1n) is 6.78. The molecule has 0 atom stereocenters. The normalized spacial score (nSPS) is 10.6. The van der Waals surface area contributed by atoms with E-state index in [1.54, 1.807) is 12.4 Å². The highest BCUT2D eigenvalue weighted by molar-refractivity contribution is 6.32. The molecule has 1 aromatic heterocycles. The van der Waals surface area contributed by atoms with Crippen molar-refractivity contribution in [2.24, 2.45) is 0 Å². The molecule has 0 bridgehead atoms. The highest BCUT2D eigenvalue weighted by atomic mass is 35.5. The standard InChI is InChI=1S/C16H19ClN2O/c1-3-7-18-10-13-6-8-19-11-16(13)20-15-9-12(2)4-5-14(15)17/h4-6,8-9,11,18H,3,7,10H2,1-2H3. The van der Waals surface area contributed by atoms with E-state index < -0.39 is 0 Å². The zero-order chi connectivity index (χ0) is 14.4. The molecule has 106 valence electrons. The number of pyridine rings is 1. The predicted octanol–water partition coefficient (Wildman–Crippen LogP) is 4.34. The van der Waals surface area contributed by atoms with Gasteiger partial charge in [0.15, 0.2) is 0 Å². The van der Waals surface area contributed by atoms with Gasteiger partial charge in [-0.3, -0.25) is 4.98 Å². The van der Waals surface area contributed by atoms with E-state index in [9.17, 15) is 0 Å². The first-order chi connectivity index (χ1) is 9.70. The maximum atomic E-state index is 6.16. The van der Waals surface area contributed by atoms with Gasteiger partial charge in [-0.15, -0.1) is 0 Å². The SMILES string of the molecule is CCCNCc1ccncc1Oc1cc(C)ccc1Cl. The second-order valence-electron chi connectivity index (χ2n) is 4.70. The van der Waals surface area contributed by atoms with Crippen LogP contribution in [0.2, 0.25) is 5.02 Å². The summed E-state index contributed by atoms with van der Waals surface area (Å²) in [4.78, 5) is 4.13. The summed E-state index contributed by atoms with van der Waals surface area (Å²) in [5, 5.41) is 3.97. The number of nitrogens with one attached hydrogen (secondary N) is 1. The third-order valence-corrected chi connectivity index (χ3v) is 3.23. The van der Waals surface area contributed by atoms with E-state index >= 15 is 0 Å². The fourth-order valence-corrected chi connectivity index (χ4v) is 2.01. The molecular weight excluding hydrogens is 272 g/mol. The van der Waals surface area contributed by atoms with Crippen LogP contribution in [0.1, 0.15) is 24.5 Å². The minimum atomic E-state index is 0.604. The summed E-state index contributed by atoms with van der Waals surface area (Å²) in [5.74, 6) is 1.40. The molecule has 2 aromatic rings. The molecule has 1 aromatic carbocycles. The van der Waals surface area contributed by atoms with Crippen molar-refractivity contribution in [1.29, 1.82) is 0 Å². The van der Waals surface area contributed by atoms with Gasteiger partial charge >= 0.3 is 0 Å². The lowest BCUT2D eigenvalue weighted by Crippen LogP contribution is -2.14. The van der Waals surface area contributed by atoms with Crippen LogP contribution in [0.15, 0.2) is 36.7 Å². The average Bonchev–Trinajstić information content (AvgIpc) is 2.45. The van der Waals surface area contributed by atoms with E-state index in [-0.39, 0.29) is 0 Å². The van der Waals surface area contributed by atoms with Crippen LogP contribution in [0.25, 0.3) is 0 Å². The van der Waals surface area contributed by atoms with Crippen molar-refractivity contribution in [2.75, 3.05) is 6.54 Å². The molecule has 0 amide bonds. The number of aromatic nitrogens is 1. The molecule has 20 heavy (non-hydrogen) atoms. The van der Waals surface area contributed by atoms with Gasteiger partial charge < -0.3 is 10.1 Å². The lowest BCUT2D eigenvalue weighted by molar-refractivity contribution is 0.470. The lowest BCUT2D eigenvalue weighted by atomic mass is 10.2. The predicted molar refractivity (Wildman–Crippen MR) is 82.5 cm³/mol. The van der Waals surface area contributed by atoms with Gasteiger partial charge in [0.05, 0.1) is 11.2 Å². The van der Waals surface area contributed by atoms with Gasteiger partial charge in [0.2, 0.25) is 0 Å². The molecule has 4 heteroatoms. The topological polar surface area (TPSA) is 34.2 Å². The monoisotopic (exact) mass is 290 g/mol. The van der Waals surface area contributed by atoms with E-state index in [4.69, 9.17) is 16.3 Å². The van der Waals surface area contributed by atoms with Crippen molar-refractivity contribution in [3.63, 3.8) is 0 Å². The van der Waals surface area contributed by atoms with E-state index in [1.807, 2.05) is 31.2 Å². The van der Waals surface area contributed by atoms with Crippen LogP contribution in [0.4, 0.5) is 0 Å². The summed E-state index contributed by atoms with van der Waals surface area (Å²) < 4.78 is 5.92. The summed E-state index contributed by atoms with van der Waals surface area (Å²) in [5.41, 5.74) is 2.19. The summed E-state index contributed by atoms with van der Waals surface area (Å²) in [6.07, 6.45) is 4.60. The average molecular weight is 291 g/mol. The molecule has 0 aliphatic carbocycles. The second-order valence-corrected chi connectivity index (χ2v) is 5.10. The third-order valence-electron chi connectivity index (χ3n) is 2.92. The lowest BCUT2D eigenvalue weighted by Gasteiger charge is -2.12. The number of halogens is 1. The molecule has 0 unspecified atom stereocenters. The maximum Gasteiger partial charge on any atom is 0.150 e. The minimum Gasteiger partial charge on any atom is -0.454 e. The Morgan fingerprint density at radius 1 is 1.25 bits per heavy atom. The van der Waals surface area contributed by atoms with Gasteiger partial charge in [0.25, 0.3) is 0 Å². The summed E-state index contributed by atoms with van der Waals surface area (Å²) >= 11 is 6.16. The quantitative estimate of drug-likeness (QED) is 0.804. The first-order valence-corrected chi connectivity index (χ1v) is 7.16. The molecule has 1 N–H and O–H groups in total. The molecule has 0 spiro atoms. The Balaban J connectivity index is 2.18. The second kappa shape index (κ2) is 7.27. The molecule has 0 radical (unpaired) electrons. The van der Waals surface area contributed by atoms with Gasteiger partial charge in [0.1, 0.15) is 11.5 Å². The molecule has 2 rings (SSSR count). The number of rotatable bonds is 6. The van der Waals surface area contributed by atoms with E-state index in [2.05, 4.69) is 17.2 Å². The van der Waals surface area contributed by atoms with E-state index in [1.165, 1.54) is 0 Å². The van der Waals surface area contributed by atoms with Crippen LogP contribution < -0.4 is 10.1 Å². The zero-order valence-electron chi connectivity index (χ0n) is 11.8. The van der Waals surface area contributed by atoms with Crippen molar-refractivity contribution in [3.05, 3.63) is 52.8 Å². The molecule has 0 aliphatic rings. The van der Waals surface area contributed by atoms with Crippen LogP contribution in [0.3, 0.4) is 0 Å². The fourth-order valence-electron chi connectivity index (χ4n) is 1.85. The van der Waals surface area contributed by atoms with Crippen molar-refractivity contribution in [2.45, 2.75) is 26.8 Å². The van der Waals surface area contributed by atoms with E-state index in [0.29, 0.717) is 10.8 Å². The smallest absolute Gasteiger partial charge is 0.150 e. The largest absolute Gasteiger partial charge is 0.454 e. The van der Waals surface area contributed by atoms with Crippen LogP contribution >= 0.6 is 11.6 Å². The number of nitrogens with zero attached hydrogens (tertiary/aromatic N) is 1. The minimum absolute atomic E-state index is 0.604. The number of benzene rings is 1. The Hall–Kier alpha value is -1.58. The molecule has 0 saturated carbocycles. The van der Waals surface area contributed by atoms with Gasteiger partial charge in [-0.25, -0.2) is 0 Å². The van der Waals surface area contributed by atoms with Gasteiger partial charge in [0, 0.05) is 18.3 Å². The van der Waals surface area contributed by atoms with E-state index in [0.717, 1.165) is 36.4 Å². The van der Waals surface area contributed by atoms with Crippen LogP contribution in [0.5, 0.6) is 11.5 Å². The molecule has 3 nitrogen and oxygen atoms in total. The zero-order valence-corrected chi connectivity index (χ0v) is 12.6. The van der Waals surface area contributed by atoms with Crippen molar-refractivity contribution >= 4 is 11.6 Å². The van der Waals surface area contributed by atoms with Crippen molar-refractivity contribution in [3.8, 4) is 11.5 Å². The number of hydrogen-bond acceptors (Lipinski definition) is 3. The van der Waals surface area contributed by atoms with Crippen LogP contribution in [0, 0.1) is 6.92 Å². The first kappa shape index (κ1) is 14.8. The molecule has 0 aliphatic heterocycles. The Kier molecular flexibility index (Phi) is 5.39. The number of hydrogen-bond donors (Lipinski definition) is 1. The van der Waals surface area contributed by atoms with Crippen LogP contribution in [-0.2, 0) is 6.54 Å². The van der Waals surface area contributed by atoms with Crippen LogP contribution in [-0.4, -0.2) is 11.5 Å². The summed E-state index contributed by atoms with van der Waals surface area (Å²) in [7, 11) is 0. The molecule has 1 heterocycles. The number of aryl methyl sites for hydroxylation is 1. The summed E-state index contributed by atoms with van der Waals surface area (Å²) in [6, 6.07) is 7.69. The third kappa shape index (κ3) is 3.95. The maximum absolute atomic E-state index is 6.16. The Bertz CT molecular complexity index is 572. The van der Waals surface area contributed by atoms with Gasteiger partial charge in [-0.05, 0) is 43.7 Å². The van der Waals surface area contributed by atoms with Crippen molar-refractivity contribution < 1.29 is 4.74 Å². The summed E-state index contributed by atoms with van der Waals surface area (Å²) in [6.45, 7) is 5.89. The molecular formula is C16H19ClN2O. The van der Waals surface area contributed by atoms with Crippen molar-refractivity contribution in [1.82, 2.24) is 10.3 Å². The Morgan fingerprint density at radius 3 is 2.90 bits per heavy atom. The molecule has 0 fully saturated rings. The fraction of sp³-hybridized carbons (Fsp3) is 0.312. The van der Waals surface area contributed by atoms with Gasteiger partial charge in [-0.1, -0.05) is 24.6 Å². The Morgan fingerprint density at radius 2 is 2.10 bits per heavy atom. The highest BCUT2D eigenvalue weighted by Crippen LogP contribution is 2.31. The van der Waals surface area contributed by atoms with Gasteiger partial charge in [-0.2, -0.15) is 0 Å². The Labute approximate surface area is 124 Å². The highest BCUT2D eigenvalue weighted by Gasteiger charge is 2.08. The molecule has 0 saturated heterocycles. The number of ether oxygens (including phenoxy) is 1.